The highest BCUT2D eigenvalue weighted by atomic mass is 32.2. The molecule has 12 rings (SSSR count). The molecule has 3 aliphatic heterocycles. The number of anilines is 5. The Kier molecular flexibility index (Phi) is 9.57. The van der Waals surface area contributed by atoms with Crippen LogP contribution in [0.25, 0.3) is 11.1 Å². The molecule has 7 aliphatic rings. The van der Waals surface area contributed by atoms with Gasteiger partial charge in [0.05, 0.1) is 12.5 Å². The van der Waals surface area contributed by atoms with Gasteiger partial charge in [-0.15, -0.1) is 11.8 Å². The van der Waals surface area contributed by atoms with Gasteiger partial charge in [-0.1, -0.05) is 174 Å². The summed E-state index contributed by atoms with van der Waals surface area (Å²) in [6.07, 6.45) is 8.80. The molecule has 388 valence electrons. The number of allylic oxidation sites excluding steroid dienone is 1. The van der Waals surface area contributed by atoms with E-state index in [9.17, 15) is 5.48 Å². The first-order valence-corrected chi connectivity index (χ1v) is 29.5. The molecule has 0 spiro atoms. The summed E-state index contributed by atoms with van der Waals surface area (Å²) in [4.78, 5) is 6.84. The van der Waals surface area contributed by atoms with Crippen LogP contribution >= 0.6 is 11.8 Å². The Bertz CT molecular complexity index is 3500. The summed E-state index contributed by atoms with van der Waals surface area (Å²) in [6, 6.07) is 21.3. The normalized spacial score (nSPS) is 26.4. The number of nitrogens with zero attached hydrogens (tertiary/aromatic N) is 2. The van der Waals surface area contributed by atoms with Crippen LogP contribution < -0.4 is 20.7 Å². The Hall–Kier alpha value is -4.15. The number of benzene rings is 5. The van der Waals surface area contributed by atoms with Crippen LogP contribution in [-0.4, -0.2) is 12.0 Å². The number of rotatable bonds is 3. The van der Waals surface area contributed by atoms with Crippen LogP contribution in [0.15, 0.2) is 95.3 Å². The zero-order valence-electron chi connectivity index (χ0n) is 53.9. The first kappa shape index (κ1) is 44.9. The number of thioether (sulfide) groups is 1. The maximum Gasteiger partial charge on any atom is 0.259 e. The first-order valence-electron chi connectivity index (χ1n) is 31.1. The fourth-order valence-electron chi connectivity index (χ4n) is 15.4. The van der Waals surface area contributed by atoms with E-state index in [1.54, 1.807) is 0 Å². The van der Waals surface area contributed by atoms with Crippen molar-refractivity contribution in [1.82, 2.24) is 0 Å². The van der Waals surface area contributed by atoms with Crippen LogP contribution in [0.4, 0.5) is 28.4 Å². The minimum absolute atomic E-state index is 0.00610. The zero-order valence-corrected chi connectivity index (χ0v) is 49.7. The van der Waals surface area contributed by atoms with E-state index < -0.39 is 0 Å². The third kappa shape index (κ3) is 7.37. The Labute approximate surface area is 460 Å². The molecule has 4 aliphatic carbocycles. The third-order valence-corrected chi connectivity index (χ3v) is 22.9. The quantitative estimate of drug-likeness (QED) is 0.166. The smallest absolute Gasteiger partial charge is 0.259 e. The maximum absolute atomic E-state index is 9.79. The molecule has 0 saturated heterocycles. The number of hydrogen-bond donors (Lipinski definition) is 0. The molecule has 2 atom stereocenters. The molecule has 5 aromatic rings. The Morgan fingerprint density at radius 2 is 0.973 bits per heavy atom. The Morgan fingerprint density at radius 3 is 1.53 bits per heavy atom. The fraction of sp³-hybridized carbons (Fsp3) is 0.543. The predicted octanol–water partition coefficient (Wildman–Crippen LogP) is 18.6. The zero-order chi connectivity index (χ0) is 57.4. The maximum atomic E-state index is 9.79. The summed E-state index contributed by atoms with van der Waals surface area (Å²) in [6.45, 7) is 46.3. The second-order valence-corrected chi connectivity index (χ2v) is 32.1. The van der Waals surface area contributed by atoms with Crippen molar-refractivity contribution in [1.29, 1.82) is 0 Å². The van der Waals surface area contributed by atoms with Crippen LogP contribution in [0, 0.1) is 16.7 Å². The van der Waals surface area contributed by atoms with Gasteiger partial charge in [0.25, 0.3) is 6.71 Å². The lowest BCUT2D eigenvalue weighted by molar-refractivity contribution is 0.0881. The van der Waals surface area contributed by atoms with E-state index in [1.165, 1.54) is 78.2 Å². The van der Waals surface area contributed by atoms with Gasteiger partial charge in [-0.2, -0.15) is 0 Å². The average molecular weight is 1010 g/mol. The molecule has 1 saturated carbocycles. The highest BCUT2D eigenvalue weighted by Crippen LogP contribution is 2.66. The van der Waals surface area contributed by atoms with Gasteiger partial charge < -0.3 is 9.80 Å². The van der Waals surface area contributed by atoms with Gasteiger partial charge in [0, 0.05) is 45.2 Å². The van der Waals surface area contributed by atoms with Crippen LogP contribution in [0.3, 0.4) is 0 Å². The lowest BCUT2D eigenvalue weighted by Crippen LogP contribution is -2.56. The van der Waals surface area contributed by atoms with E-state index >= 15 is 0 Å². The lowest BCUT2D eigenvalue weighted by Gasteiger charge is -2.52. The van der Waals surface area contributed by atoms with Crippen molar-refractivity contribution < 1.29 is 6.85 Å². The van der Waals surface area contributed by atoms with Gasteiger partial charge in [-0.25, -0.2) is 0 Å². The third-order valence-electron chi connectivity index (χ3n) is 21.0. The van der Waals surface area contributed by atoms with E-state index in [-0.39, 0.29) is 91.2 Å². The molecule has 1 fully saturated rings. The summed E-state index contributed by atoms with van der Waals surface area (Å²) < 4.78 is 46.8. The van der Waals surface area contributed by atoms with Crippen molar-refractivity contribution in [3.63, 3.8) is 0 Å². The van der Waals surface area contributed by atoms with E-state index in [0.29, 0.717) is 16.7 Å². The summed E-state index contributed by atoms with van der Waals surface area (Å²) in [5.41, 5.74) is 19.5. The van der Waals surface area contributed by atoms with E-state index in [1.807, 2.05) is 0 Å². The van der Waals surface area contributed by atoms with Crippen molar-refractivity contribution >= 4 is 57.8 Å². The van der Waals surface area contributed by atoms with Gasteiger partial charge in [0.2, 0.25) is 0 Å². The van der Waals surface area contributed by atoms with Gasteiger partial charge >= 0.3 is 0 Å². The van der Waals surface area contributed by atoms with Gasteiger partial charge in [-0.05, 0) is 203 Å². The second kappa shape index (κ2) is 15.8. The minimum atomic E-state index is -0.367. The summed E-state index contributed by atoms with van der Waals surface area (Å²) in [7, 11) is 0. The molecule has 0 aromatic heterocycles. The standard InChI is InChI=1S/C70H89BN2S/c1-62(2,3)43-35-55-58-56(36-43)73(53-40-50-48(65(8,9)29-31-67(50,12)13)38-45(53)42-23-21-20-22-24-42)54-41-51-49(66(10,11)30-32-68(51,14)15)39-52(54)71(58)61-59(57-60(74-61)70(18,19)34-33-69(57,16)17)72(55)44-25-26-46-47(37-44)64(6,7)28-27-63(46,4)5/h20-26,35-41,57,60H,27-34H2,1-19H3/i20D,21D,22D,23D,24D. The largest absolute Gasteiger partial charge is 0.314 e. The van der Waals surface area contributed by atoms with Gasteiger partial charge in [0.15, 0.2) is 0 Å². The van der Waals surface area contributed by atoms with Crippen LogP contribution in [0.5, 0.6) is 0 Å². The van der Waals surface area contributed by atoms with E-state index in [2.05, 4.69) is 208 Å². The molecule has 0 radical (unpaired) electrons. The minimum Gasteiger partial charge on any atom is -0.314 e. The molecule has 4 heteroatoms. The molecule has 0 bridgehead atoms. The van der Waals surface area contributed by atoms with E-state index in [4.69, 9.17) is 1.37 Å². The number of hydrogen-bond acceptors (Lipinski definition) is 3. The summed E-state index contributed by atoms with van der Waals surface area (Å²) in [5.74, 6) is 0.294. The summed E-state index contributed by atoms with van der Waals surface area (Å²) >= 11 is 2.20. The van der Waals surface area contributed by atoms with Crippen LogP contribution in [0.1, 0.15) is 229 Å². The Morgan fingerprint density at radius 1 is 0.500 bits per heavy atom. The van der Waals surface area contributed by atoms with Crippen molar-refractivity contribution in [2.75, 3.05) is 9.80 Å². The fourth-order valence-corrected chi connectivity index (χ4v) is 17.5. The highest BCUT2D eigenvalue weighted by molar-refractivity contribution is 8.06. The van der Waals surface area contributed by atoms with Gasteiger partial charge in [-0.3, -0.25) is 0 Å². The van der Waals surface area contributed by atoms with E-state index in [0.717, 1.165) is 62.0 Å². The Balaban J connectivity index is 1.28. The second-order valence-electron chi connectivity index (χ2n) is 30.9. The molecule has 0 amide bonds. The molecule has 74 heavy (non-hydrogen) atoms. The summed E-state index contributed by atoms with van der Waals surface area (Å²) in [5, 5.41) is 0.369. The average Bonchev–Trinajstić information content (AvgIpc) is 3.82. The molecule has 3 heterocycles. The highest BCUT2D eigenvalue weighted by Gasteiger charge is 2.60. The molecular formula is C70H89BN2S. The van der Waals surface area contributed by atoms with Crippen molar-refractivity contribution in [2.24, 2.45) is 16.7 Å². The van der Waals surface area contributed by atoms with Gasteiger partial charge in [0.1, 0.15) is 0 Å². The SMILES string of the molecule is [2H]c1c([2H])c([2H])c(-c2cc3c(cc2N2c4cc5c(cc4B4C6=C(C7C(S6)C(C)(C)CCC7(C)C)N(c6ccc7c(c6)C(C)(C)CCC7(C)C)c6cc(C(C)(C)C)cc2c64)C(C)(C)CCC5(C)C)C(C)(C)CCC3(C)C)c([2H])c1[2H]. The number of fused-ring (bicyclic) bond motifs is 8. The first-order chi connectivity index (χ1) is 36.3. The van der Waals surface area contributed by atoms with Crippen molar-refractivity contribution in [3.05, 3.63) is 134 Å². The van der Waals surface area contributed by atoms with Crippen LogP contribution in [0.2, 0.25) is 0 Å². The van der Waals surface area contributed by atoms with Crippen LogP contribution in [-0.2, 0) is 37.9 Å². The molecule has 5 aromatic carbocycles. The monoisotopic (exact) mass is 1010 g/mol. The lowest BCUT2D eigenvalue weighted by atomic mass is 9.35. The molecule has 2 nitrogen and oxygen atoms in total. The van der Waals surface area contributed by atoms with Crippen molar-refractivity contribution in [3.8, 4) is 11.1 Å². The molecular weight excluding hydrogens is 912 g/mol. The topological polar surface area (TPSA) is 6.48 Å². The molecule has 0 N–H and O–H groups in total. The van der Waals surface area contributed by atoms with Crippen molar-refractivity contribution in [2.45, 2.75) is 226 Å². The molecule has 2 unspecified atom stereocenters. The predicted molar refractivity (Wildman–Crippen MR) is 323 cm³/mol.